The summed E-state index contributed by atoms with van der Waals surface area (Å²) in [5.41, 5.74) is 2.04. The van der Waals surface area contributed by atoms with Gasteiger partial charge < -0.3 is 5.32 Å². The third kappa shape index (κ3) is 3.34. The number of nitrogens with zero attached hydrogens (tertiary/aromatic N) is 2. The van der Waals surface area contributed by atoms with Crippen LogP contribution in [0, 0.1) is 34.2 Å². The number of nitrogens with one attached hydrogen (secondary N) is 1. The molecule has 106 valence electrons. The molecule has 0 radical (unpaired) electrons. The van der Waals surface area contributed by atoms with Crippen molar-refractivity contribution in [3.05, 3.63) is 69.0 Å². The lowest BCUT2D eigenvalue weighted by Gasteiger charge is -2.11. The van der Waals surface area contributed by atoms with E-state index in [1.54, 1.807) is 25.1 Å². The van der Waals surface area contributed by atoms with Crippen molar-refractivity contribution in [1.29, 1.82) is 5.26 Å². The molecule has 0 aromatic heterocycles. The van der Waals surface area contributed by atoms with Gasteiger partial charge in [0.15, 0.2) is 0 Å². The first kappa shape index (κ1) is 14.5. The summed E-state index contributed by atoms with van der Waals surface area (Å²) in [6.45, 7) is 2.00. The van der Waals surface area contributed by atoms with Crippen LogP contribution in [0.2, 0.25) is 0 Å². The van der Waals surface area contributed by atoms with E-state index in [-0.39, 0.29) is 11.3 Å². The Morgan fingerprint density at radius 3 is 2.57 bits per heavy atom. The Hall–Kier alpha value is -2.94. The average Bonchev–Trinajstić information content (AvgIpc) is 2.49. The van der Waals surface area contributed by atoms with Gasteiger partial charge in [-0.3, -0.25) is 10.1 Å². The van der Waals surface area contributed by atoms with Crippen LogP contribution in [0.25, 0.3) is 0 Å². The van der Waals surface area contributed by atoms with Crippen molar-refractivity contribution in [1.82, 2.24) is 0 Å². The van der Waals surface area contributed by atoms with E-state index in [2.05, 4.69) is 5.32 Å². The third-order valence-corrected chi connectivity index (χ3v) is 3.10. The summed E-state index contributed by atoms with van der Waals surface area (Å²) >= 11 is 0. The summed E-state index contributed by atoms with van der Waals surface area (Å²) < 4.78 is 13.6. The third-order valence-electron chi connectivity index (χ3n) is 3.10. The van der Waals surface area contributed by atoms with Gasteiger partial charge in [0.2, 0.25) is 0 Å². The Balaban J connectivity index is 2.15. The highest BCUT2D eigenvalue weighted by Crippen LogP contribution is 2.21. The molecule has 2 rings (SSSR count). The maximum Gasteiger partial charge on any atom is 0.269 e. The zero-order chi connectivity index (χ0) is 15.4. The molecule has 21 heavy (non-hydrogen) atoms. The molecule has 2 aromatic rings. The number of benzene rings is 2. The number of nitriles is 1. The van der Waals surface area contributed by atoms with Crippen LogP contribution in [-0.4, -0.2) is 4.92 Å². The van der Waals surface area contributed by atoms with Crippen LogP contribution in [0.5, 0.6) is 0 Å². The molecule has 0 aliphatic heterocycles. The van der Waals surface area contributed by atoms with Crippen molar-refractivity contribution in [2.24, 2.45) is 0 Å². The zero-order valence-corrected chi connectivity index (χ0v) is 11.3. The van der Waals surface area contributed by atoms with E-state index in [0.717, 1.165) is 5.56 Å². The molecular weight excluding hydrogens is 273 g/mol. The lowest BCUT2D eigenvalue weighted by atomic mass is 10.1. The highest BCUT2D eigenvalue weighted by atomic mass is 19.1. The summed E-state index contributed by atoms with van der Waals surface area (Å²) in [4.78, 5) is 10.1. The Morgan fingerprint density at radius 2 is 2.00 bits per heavy atom. The lowest BCUT2D eigenvalue weighted by Crippen LogP contribution is -2.03. The van der Waals surface area contributed by atoms with Crippen molar-refractivity contribution in [3.63, 3.8) is 0 Å². The van der Waals surface area contributed by atoms with Gasteiger partial charge in [0.25, 0.3) is 5.69 Å². The second-order valence-corrected chi connectivity index (χ2v) is 4.52. The van der Waals surface area contributed by atoms with E-state index in [1.807, 2.05) is 6.07 Å². The molecule has 6 heteroatoms. The molecule has 2 aromatic carbocycles. The minimum Gasteiger partial charge on any atom is -0.381 e. The summed E-state index contributed by atoms with van der Waals surface area (Å²) in [6.07, 6.45) is 0. The minimum atomic E-state index is -0.465. The van der Waals surface area contributed by atoms with Gasteiger partial charge in [0.05, 0.1) is 16.6 Å². The van der Waals surface area contributed by atoms with Crippen LogP contribution in [0.4, 0.5) is 15.8 Å². The minimum absolute atomic E-state index is 0.0208. The summed E-state index contributed by atoms with van der Waals surface area (Å²) in [7, 11) is 0. The van der Waals surface area contributed by atoms with Crippen molar-refractivity contribution < 1.29 is 9.31 Å². The number of hydrogen-bond donors (Lipinski definition) is 1. The van der Waals surface area contributed by atoms with E-state index >= 15 is 0 Å². The molecule has 0 fully saturated rings. The van der Waals surface area contributed by atoms with Gasteiger partial charge in [0, 0.05) is 29.9 Å². The lowest BCUT2D eigenvalue weighted by molar-refractivity contribution is -0.384. The van der Waals surface area contributed by atoms with Gasteiger partial charge in [-0.2, -0.15) is 5.26 Å². The van der Waals surface area contributed by atoms with E-state index < -0.39 is 10.7 Å². The number of rotatable bonds is 4. The van der Waals surface area contributed by atoms with Gasteiger partial charge >= 0.3 is 0 Å². The molecule has 0 atom stereocenters. The fourth-order valence-corrected chi connectivity index (χ4v) is 1.86. The fraction of sp³-hybridized carbons (Fsp3) is 0.133. The van der Waals surface area contributed by atoms with Gasteiger partial charge in [-0.25, -0.2) is 4.39 Å². The monoisotopic (exact) mass is 285 g/mol. The maximum absolute atomic E-state index is 13.6. The second-order valence-electron chi connectivity index (χ2n) is 4.52. The first-order valence-electron chi connectivity index (χ1n) is 6.18. The Kier molecular flexibility index (Phi) is 4.14. The average molecular weight is 285 g/mol. The van der Waals surface area contributed by atoms with Crippen LogP contribution in [0.3, 0.4) is 0 Å². The van der Waals surface area contributed by atoms with Crippen LogP contribution in [0.1, 0.15) is 16.7 Å². The normalized spacial score (nSPS) is 9.95. The van der Waals surface area contributed by atoms with Gasteiger partial charge in [-0.1, -0.05) is 12.1 Å². The molecule has 0 aliphatic carbocycles. The van der Waals surface area contributed by atoms with E-state index in [4.69, 9.17) is 5.26 Å². The van der Waals surface area contributed by atoms with E-state index in [0.29, 0.717) is 17.8 Å². The van der Waals surface area contributed by atoms with Crippen molar-refractivity contribution in [2.45, 2.75) is 13.5 Å². The Morgan fingerprint density at radius 1 is 1.33 bits per heavy atom. The van der Waals surface area contributed by atoms with E-state index in [9.17, 15) is 14.5 Å². The highest BCUT2D eigenvalue weighted by Gasteiger charge is 2.08. The van der Waals surface area contributed by atoms with Crippen molar-refractivity contribution in [3.8, 4) is 6.07 Å². The molecule has 0 saturated heterocycles. The predicted octanol–water partition coefficient (Wildman–Crippen LogP) is 3.53. The van der Waals surface area contributed by atoms with Crippen LogP contribution >= 0.6 is 0 Å². The molecule has 0 unspecified atom stereocenters. The Labute approximate surface area is 120 Å². The summed E-state index contributed by atoms with van der Waals surface area (Å²) in [5, 5.41) is 22.4. The molecule has 0 bridgehead atoms. The van der Waals surface area contributed by atoms with Crippen molar-refractivity contribution in [2.75, 3.05) is 5.32 Å². The molecule has 0 amide bonds. The molecular formula is C15H12FN3O2. The summed E-state index contributed by atoms with van der Waals surface area (Å²) in [5.74, 6) is -0.444. The number of hydrogen-bond acceptors (Lipinski definition) is 4. The topological polar surface area (TPSA) is 79.0 Å². The number of nitro benzene ring substituents is 1. The fourth-order valence-electron chi connectivity index (χ4n) is 1.86. The second kappa shape index (κ2) is 6.01. The molecule has 0 spiro atoms. The van der Waals surface area contributed by atoms with Crippen molar-refractivity contribution >= 4 is 11.4 Å². The zero-order valence-electron chi connectivity index (χ0n) is 11.3. The van der Waals surface area contributed by atoms with Crippen LogP contribution in [0.15, 0.2) is 36.4 Å². The standard InChI is InChI=1S/C15H12FN3O2/c1-10-14(16)6-12(8-17)7-15(10)18-9-11-2-4-13(5-3-11)19(20)21/h2-7,18H,9H2,1H3. The quantitative estimate of drug-likeness (QED) is 0.688. The van der Waals surface area contributed by atoms with Gasteiger partial charge in [-0.05, 0) is 24.6 Å². The van der Waals surface area contributed by atoms with Crippen LogP contribution < -0.4 is 5.32 Å². The maximum atomic E-state index is 13.6. The van der Waals surface area contributed by atoms with Gasteiger partial charge in [0.1, 0.15) is 5.82 Å². The first-order valence-corrected chi connectivity index (χ1v) is 6.18. The molecule has 0 heterocycles. The Bertz CT molecular complexity index is 721. The molecule has 5 nitrogen and oxygen atoms in total. The number of anilines is 1. The largest absolute Gasteiger partial charge is 0.381 e. The van der Waals surface area contributed by atoms with E-state index in [1.165, 1.54) is 18.2 Å². The van der Waals surface area contributed by atoms with Gasteiger partial charge in [-0.15, -0.1) is 0 Å². The smallest absolute Gasteiger partial charge is 0.269 e. The number of halogens is 1. The predicted molar refractivity (Wildman–Crippen MR) is 76.3 cm³/mol. The van der Waals surface area contributed by atoms with Crippen LogP contribution in [-0.2, 0) is 6.54 Å². The number of nitro groups is 1. The number of non-ortho nitro benzene ring substituents is 1. The molecule has 0 aliphatic rings. The molecule has 1 N–H and O–H groups in total. The summed E-state index contributed by atoms with van der Waals surface area (Å²) in [6, 6.07) is 10.7. The highest BCUT2D eigenvalue weighted by molar-refractivity contribution is 5.56. The molecule has 0 saturated carbocycles. The first-order chi connectivity index (χ1) is 10.0. The SMILES string of the molecule is Cc1c(F)cc(C#N)cc1NCc1ccc([N+](=O)[O-])cc1.